The Morgan fingerprint density at radius 2 is 2.12 bits per heavy atom. The second-order valence-corrected chi connectivity index (χ2v) is 6.36. The highest BCUT2D eigenvalue weighted by Crippen LogP contribution is 2.26. The van der Waals surface area contributed by atoms with Crippen molar-refractivity contribution in [2.24, 2.45) is 4.99 Å². The highest BCUT2D eigenvalue weighted by molar-refractivity contribution is 5.80. The highest BCUT2D eigenvalue weighted by Gasteiger charge is 2.25. The molecule has 0 spiro atoms. The van der Waals surface area contributed by atoms with E-state index in [1.807, 2.05) is 43.0 Å². The van der Waals surface area contributed by atoms with Gasteiger partial charge in [0.05, 0.1) is 13.7 Å². The number of likely N-dealkylation sites (tertiary alicyclic amines) is 1. The number of hydrogen-bond donors (Lipinski definition) is 2. The third-order valence-corrected chi connectivity index (χ3v) is 4.36. The summed E-state index contributed by atoms with van der Waals surface area (Å²) >= 11 is 0. The highest BCUT2D eigenvalue weighted by atomic mass is 16.5. The van der Waals surface area contributed by atoms with Crippen molar-refractivity contribution >= 4 is 11.9 Å². The average molecular weight is 362 g/mol. The maximum atomic E-state index is 11.8. The number of hydrogen-bond acceptors (Lipinski definition) is 4. The molecule has 2 atom stereocenters. The van der Waals surface area contributed by atoms with Crippen LogP contribution in [0.1, 0.15) is 26.7 Å². The zero-order chi connectivity index (χ0) is 18.9. The van der Waals surface area contributed by atoms with Crippen molar-refractivity contribution in [2.45, 2.75) is 38.8 Å². The van der Waals surface area contributed by atoms with Crippen molar-refractivity contribution in [3.05, 3.63) is 24.3 Å². The Bertz CT molecular complexity index is 621. The Hall–Kier alpha value is -2.44. The molecule has 26 heavy (non-hydrogen) atoms. The molecule has 7 nitrogen and oxygen atoms in total. The number of carbonyl (C=O) groups excluding carboxylic acids is 1. The van der Waals surface area contributed by atoms with Crippen LogP contribution in [0, 0.1) is 0 Å². The summed E-state index contributed by atoms with van der Waals surface area (Å²) in [4.78, 5) is 17.9. The molecule has 0 aromatic heterocycles. The molecule has 0 radical (unpaired) electrons. The molecule has 0 saturated carbocycles. The number of carbonyl (C=O) groups is 1. The molecule has 0 bridgehead atoms. The van der Waals surface area contributed by atoms with Crippen molar-refractivity contribution in [1.29, 1.82) is 0 Å². The molecule has 2 unspecified atom stereocenters. The topological polar surface area (TPSA) is 75.2 Å². The lowest BCUT2D eigenvalue weighted by atomic mass is 10.3. The van der Waals surface area contributed by atoms with E-state index < -0.39 is 0 Å². The van der Waals surface area contributed by atoms with Gasteiger partial charge in [-0.2, -0.15) is 0 Å². The smallest absolute Gasteiger partial charge is 0.222 e. The van der Waals surface area contributed by atoms with Gasteiger partial charge in [0.1, 0.15) is 6.10 Å². The molecule has 1 amide bonds. The number of ether oxygens (including phenoxy) is 2. The van der Waals surface area contributed by atoms with Crippen LogP contribution in [0.15, 0.2) is 29.3 Å². The fraction of sp³-hybridized carbons (Fsp3) is 0.579. The number of amides is 1. The van der Waals surface area contributed by atoms with Crippen molar-refractivity contribution in [3.63, 3.8) is 0 Å². The number of benzene rings is 1. The summed E-state index contributed by atoms with van der Waals surface area (Å²) < 4.78 is 11.2. The summed E-state index contributed by atoms with van der Waals surface area (Å²) in [7, 11) is 3.37. The van der Waals surface area contributed by atoms with Gasteiger partial charge in [0.2, 0.25) is 5.91 Å². The Morgan fingerprint density at radius 3 is 2.77 bits per heavy atom. The minimum absolute atomic E-state index is 0.0633. The van der Waals surface area contributed by atoms with E-state index in [0.717, 1.165) is 31.2 Å². The van der Waals surface area contributed by atoms with Gasteiger partial charge in [0.25, 0.3) is 0 Å². The second-order valence-electron chi connectivity index (χ2n) is 6.36. The van der Waals surface area contributed by atoms with E-state index in [4.69, 9.17) is 9.47 Å². The van der Waals surface area contributed by atoms with Crippen LogP contribution < -0.4 is 20.1 Å². The van der Waals surface area contributed by atoms with Gasteiger partial charge in [-0.3, -0.25) is 9.79 Å². The van der Waals surface area contributed by atoms with Gasteiger partial charge in [-0.1, -0.05) is 19.1 Å². The first-order valence-electron chi connectivity index (χ1n) is 9.12. The van der Waals surface area contributed by atoms with Crippen molar-refractivity contribution < 1.29 is 14.3 Å². The molecule has 0 aliphatic carbocycles. The monoisotopic (exact) mass is 362 g/mol. The molecule has 1 aromatic carbocycles. The first kappa shape index (κ1) is 19.9. The van der Waals surface area contributed by atoms with E-state index in [0.29, 0.717) is 18.7 Å². The van der Waals surface area contributed by atoms with Gasteiger partial charge < -0.3 is 25.0 Å². The maximum absolute atomic E-state index is 11.8. The normalized spacial score (nSPS) is 18.4. The SMILES string of the molecule is CCC(=O)N1CCC(NC(=NC)NCC(C)Oc2ccccc2OC)C1. The van der Waals surface area contributed by atoms with E-state index in [1.54, 1.807) is 14.2 Å². The Morgan fingerprint density at radius 1 is 1.38 bits per heavy atom. The predicted molar refractivity (Wildman–Crippen MR) is 103 cm³/mol. The minimum atomic E-state index is -0.0633. The van der Waals surface area contributed by atoms with Crippen LogP contribution in [-0.2, 0) is 4.79 Å². The summed E-state index contributed by atoms with van der Waals surface area (Å²) in [6.45, 7) is 6.01. The van der Waals surface area contributed by atoms with Gasteiger partial charge in [-0.05, 0) is 25.5 Å². The molecule has 1 aliphatic heterocycles. The average Bonchev–Trinajstić information content (AvgIpc) is 3.13. The van der Waals surface area contributed by atoms with E-state index in [1.165, 1.54) is 0 Å². The third-order valence-electron chi connectivity index (χ3n) is 4.36. The molecule has 1 saturated heterocycles. The molecule has 1 aromatic rings. The fourth-order valence-electron chi connectivity index (χ4n) is 2.93. The van der Waals surface area contributed by atoms with Crippen molar-refractivity contribution in [1.82, 2.24) is 15.5 Å². The summed E-state index contributed by atoms with van der Waals surface area (Å²) in [5.41, 5.74) is 0. The van der Waals surface area contributed by atoms with Crippen LogP contribution in [0.5, 0.6) is 11.5 Å². The van der Waals surface area contributed by atoms with Crippen LogP contribution in [-0.4, -0.2) is 62.7 Å². The summed E-state index contributed by atoms with van der Waals surface area (Å²) in [5, 5.41) is 6.66. The summed E-state index contributed by atoms with van der Waals surface area (Å²) in [5.74, 6) is 2.36. The lowest BCUT2D eigenvalue weighted by Crippen LogP contribution is -2.47. The predicted octanol–water partition coefficient (Wildman–Crippen LogP) is 1.64. The molecular weight excluding hydrogens is 332 g/mol. The minimum Gasteiger partial charge on any atom is -0.493 e. The van der Waals surface area contributed by atoms with E-state index in [-0.39, 0.29) is 18.1 Å². The van der Waals surface area contributed by atoms with Crippen LogP contribution >= 0.6 is 0 Å². The first-order valence-corrected chi connectivity index (χ1v) is 9.12. The van der Waals surface area contributed by atoms with E-state index >= 15 is 0 Å². The zero-order valence-electron chi connectivity index (χ0n) is 16.1. The van der Waals surface area contributed by atoms with Crippen LogP contribution in [0.2, 0.25) is 0 Å². The van der Waals surface area contributed by atoms with Gasteiger partial charge in [0.15, 0.2) is 17.5 Å². The van der Waals surface area contributed by atoms with Gasteiger partial charge in [0, 0.05) is 32.6 Å². The van der Waals surface area contributed by atoms with Gasteiger partial charge in [-0.25, -0.2) is 0 Å². The second kappa shape index (κ2) is 9.89. The molecule has 1 heterocycles. The van der Waals surface area contributed by atoms with Gasteiger partial charge >= 0.3 is 0 Å². The number of aliphatic imine (C=N–C) groups is 1. The largest absolute Gasteiger partial charge is 0.493 e. The Balaban J connectivity index is 1.79. The number of nitrogens with zero attached hydrogens (tertiary/aromatic N) is 2. The molecular formula is C19H30N4O3. The van der Waals surface area contributed by atoms with Crippen LogP contribution in [0.25, 0.3) is 0 Å². The van der Waals surface area contributed by atoms with Crippen molar-refractivity contribution in [2.75, 3.05) is 33.8 Å². The molecule has 2 N–H and O–H groups in total. The maximum Gasteiger partial charge on any atom is 0.222 e. The quantitative estimate of drug-likeness (QED) is 0.570. The molecule has 1 fully saturated rings. The van der Waals surface area contributed by atoms with E-state index in [2.05, 4.69) is 15.6 Å². The van der Waals surface area contributed by atoms with Crippen molar-refractivity contribution in [3.8, 4) is 11.5 Å². The lowest BCUT2D eigenvalue weighted by molar-refractivity contribution is -0.129. The van der Waals surface area contributed by atoms with Crippen LogP contribution in [0.4, 0.5) is 0 Å². The van der Waals surface area contributed by atoms with E-state index in [9.17, 15) is 4.79 Å². The summed E-state index contributed by atoms with van der Waals surface area (Å²) in [6.07, 6.45) is 1.42. The first-order chi connectivity index (χ1) is 12.6. The zero-order valence-corrected chi connectivity index (χ0v) is 16.1. The summed E-state index contributed by atoms with van der Waals surface area (Å²) in [6, 6.07) is 7.82. The number of methoxy groups -OCH3 is 1. The lowest BCUT2D eigenvalue weighted by Gasteiger charge is -2.21. The number of para-hydroxylation sites is 2. The third kappa shape index (κ3) is 5.54. The number of nitrogens with one attached hydrogen (secondary N) is 2. The fourth-order valence-corrected chi connectivity index (χ4v) is 2.93. The number of guanidine groups is 1. The Kier molecular flexibility index (Phi) is 7.56. The van der Waals surface area contributed by atoms with Gasteiger partial charge in [-0.15, -0.1) is 0 Å². The molecule has 2 rings (SSSR count). The van der Waals surface area contributed by atoms with Crippen LogP contribution in [0.3, 0.4) is 0 Å². The Labute approximate surface area is 155 Å². The molecule has 1 aliphatic rings. The standard InChI is InChI=1S/C19H30N4O3/c1-5-18(24)23-11-10-15(13-23)22-19(20-3)21-12-14(2)26-17-9-7-6-8-16(17)25-4/h6-9,14-15H,5,10-13H2,1-4H3,(H2,20,21,22). The number of rotatable bonds is 7. The molecule has 144 valence electrons. The molecule has 7 heteroatoms.